The largest absolute Gasteiger partial charge is 0.490 e. The van der Waals surface area contributed by atoms with Crippen LogP contribution in [-0.4, -0.2) is 41.8 Å². The molecule has 0 atom stereocenters. The zero-order valence-corrected chi connectivity index (χ0v) is 17.9. The van der Waals surface area contributed by atoms with Gasteiger partial charge in [-0.15, -0.1) is 0 Å². The molecule has 3 aromatic rings. The summed E-state index contributed by atoms with van der Waals surface area (Å²) in [5, 5.41) is 0. The van der Waals surface area contributed by atoms with Crippen molar-refractivity contribution in [2.45, 2.75) is 19.8 Å². The fraction of sp³-hybridized carbons (Fsp3) is 0.304. The van der Waals surface area contributed by atoms with Crippen LogP contribution in [0, 0.1) is 5.82 Å². The van der Waals surface area contributed by atoms with E-state index in [9.17, 15) is 4.39 Å². The van der Waals surface area contributed by atoms with Crippen molar-refractivity contribution in [2.24, 2.45) is 22.2 Å². The number of ether oxygens (including phenoxy) is 1. The number of hydrogen-bond acceptors (Lipinski definition) is 6. The molecule has 8 heteroatoms. The predicted molar refractivity (Wildman–Crippen MR) is 123 cm³/mol. The van der Waals surface area contributed by atoms with Crippen LogP contribution in [0.4, 0.5) is 4.39 Å². The molecule has 0 saturated carbocycles. The van der Waals surface area contributed by atoms with Crippen molar-refractivity contribution in [1.29, 1.82) is 0 Å². The van der Waals surface area contributed by atoms with Gasteiger partial charge in [0.05, 0.1) is 6.61 Å². The van der Waals surface area contributed by atoms with Gasteiger partial charge in [-0.2, -0.15) is 0 Å². The van der Waals surface area contributed by atoms with Gasteiger partial charge >= 0.3 is 0 Å². The first kappa shape index (κ1) is 22.5. The van der Waals surface area contributed by atoms with E-state index in [-0.39, 0.29) is 18.9 Å². The van der Waals surface area contributed by atoms with Crippen molar-refractivity contribution >= 4 is 11.4 Å². The molecule has 31 heavy (non-hydrogen) atoms. The molecule has 0 aliphatic heterocycles. The van der Waals surface area contributed by atoms with Gasteiger partial charge in [-0.05, 0) is 37.2 Å². The van der Waals surface area contributed by atoms with E-state index in [2.05, 4.69) is 9.98 Å². The quantitative estimate of drug-likeness (QED) is 0.457. The van der Waals surface area contributed by atoms with Crippen LogP contribution in [0.2, 0.25) is 0 Å². The van der Waals surface area contributed by atoms with E-state index in [1.807, 2.05) is 41.9 Å². The van der Waals surface area contributed by atoms with Crippen molar-refractivity contribution in [2.75, 3.05) is 26.7 Å². The molecule has 7 nitrogen and oxygen atoms in total. The summed E-state index contributed by atoms with van der Waals surface area (Å²) in [5.74, 6) is -0.234. The van der Waals surface area contributed by atoms with Crippen molar-refractivity contribution in [1.82, 2.24) is 9.38 Å². The second-order valence-corrected chi connectivity index (χ2v) is 7.17. The topological polar surface area (TPSA) is 117 Å². The Labute approximate surface area is 181 Å². The number of para-hydroxylation sites is 1. The number of nitrogens with two attached hydrogens (primary N) is 3. The van der Waals surface area contributed by atoms with E-state index in [0.717, 1.165) is 28.2 Å². The standard InChI is InChI=1S/C23H29FN6O/c1-15(28-2)18(21(27)12-26)9-11-31-23-19(4-3-5-20(23)24)16-6-7-22-29-13-17(8-10-25)30(22)14-16/h3-7,13-14H,8-12,25-27H2,1-2H3. The van der Waals surface area contributed by atoms with Gasteiger partial charge in [0.25, 0.3) is 0 Å². The average molecular weight is 425 g/mol. The third-order valence-corrected chi connectivity index (χ3v) is 5.24. The lowest BCUT2D eigenvalue weighted by molar-refractivity contribution is 0.307. The molecular formula is C23H29FN6O. The molecular weight excluding hydrogens is 395 g/mol. The summed E-state index contributed by atoms with van der Waals surface area (Å²) < 4.78 is 22.6. The molecule has 2 heterocycles. The van der Waals surface area contributed by atoms with Gasteiger partial charge in [0.15, 0.2) is 11.6 Å². The molecule has 0 aliphatic rings. The van der Waals surface area contributed by atoms with Crippen LogP contribution in [0.25, 0.3) is 16.8 Å². The Morgan fingerprint density at radius 1 is 1.23 bits per heavy atom. The Morgan fingerprint density at radius 2 is 2.03 bits per heavy atom. The maximum absolute atomic E-state index is 14.7. The van der Waals surface area contributed by atoms with Crippen LogP contribution in [0.5, 0.6) is 5.75 Å². The fourth-order valence-electron chi connectivity index (χ4n) is 3.49. The molecule has 2 aromatic heterocycles. The van der Waals surface area contributed by atoms with Crippen LogP contribution >= 0.6 is 0 Å². The molecule has 0 saturated heterocycles. The molecule has 0 spiro atoms. The van der Waals surface area contributed by atoms with Gasteiger partial charge in [-0.1, -0.05) is 12.1 Å². The highest BCUT2D eigenvalue weighted by Crippen LogP contribution is 2.33. The average Bonchev–Trinajstić information content (AvgIpc) is 3.19. The molecule has 1 aromatic carbocycles. The number of hydrogen-bond donors (Lipinski definition) is 3. The molecule has 0 amide bonds. The van der Waals surface area contributed by atoms with Crippen molar-refractivity contribution < 1.29 is 9.13 Å². The lowest BCUT2D eigenvalue weighted by Crippen LogP contribution is -2.19. The summed E-state index contributed by atoms with van der Waals surface area (Å²) in [6.45, 7) is 2.85. The number of halogens is 1. The molecule has 0 aliphatic carbocycles. The Balaban J connectivity index is 1.91. The summed E-state index contributed by atoms with van der Waals surface area (Å²) in [6, 6.07) is 8.69. The molecule has 0 fully saturated rings. The van der Waals surface area contributed by atoms with Gasteiger partial charge < -0.3 is 26.3 Å². The minimum Gasteiger partial charge on any atom is -0.490 e. The lowest BCUT2D eigenvalue weighted by atomic mass is 10.0. The van der Waals surface area contributed by atoms with E-state index in [0.29, 0.717) is 30.6 Å². The van der Waals surface area contributed by atoms with Crippen molar-refractivity contribution in [3.8, 4) is 16.9 Å². The van der Waals surface area contributed by atoms with Crippen LogP contribution in [0.3, 0.4) is 0 Å². The first-order valence-corrected chi connectivity index (χ1v) is 10.2. The van der Waals surface area contributed by atoms with E-state index < -0.39 is 5.82 Å². The van der Waals surface area contributed by atoms with E-state index >= 15 is 0 Å². The smallest absolute Gasteiger partial charge is 0.165 e. The first-order chi connectivity index (χ1) is 15.0. The number of aromatic nitrogens is 2. The molecule has 164 valence electrons. The lowest BCUT2D eigenvalue weighted by Gasteiger charge is -2.15. The zero-order chi connectivity index (χ0) is 22.4. The number of aliphatic imine (C=N–C) groups is 1. The van der Waals surface area contributed by atoms with Gasteiger partial charge in [-0.3, -0.25) is 4.99 Å². The van der Waals surface area contributed by atoms with Crippen LogP contribution < -0.4 is 21.9 Å². The summed E-state index contributed by atoms with van der Waals surface area (Å²) in [4.78, 5) is 8.58. The van der Waals surface area contributed by atoms with E-state index in [1.54, 1.807) is 13.1 Å². The minimum absolute atomic E-state index is 0.194. The number of imidazole rings is 1. The van der Waals surface area contributed by atoms with Crippen molar-refractivity contribution in [3.05, 3.63) is 65.5 Å². The normalized spacial score (nSPS) is 12.9. The summed E-state index contributed by atoms with van der Waals surface area (Å²) in [5.41, 5.74) is 22.9. The van der Waals surface area contributed by atoms with E-state index in [4.69, 9.17) is 21.9 Å². The van der Waals surface area contributed by atoms with Crippen molar-refractivity contribution in [3.63, 3.8) is 0 Å². The summed E-state index contributed by atoms with van der Waals surface area (Å²) in [6.07, 6.45) is 4.91. The second kappa shape index (κ2) is 10.2. The molecule has 0 radical (unpaired) electrons. The van der Waals surface area contributed by atoms with E-state index in [1.165, 1.54) is 6.07 Å². The molecule has 0 unspecified atom stereocenters. The van der Waals surface area contributed by atoms with Gasteiger partial charge in [0, 0.05) is 67.1 Å². The zero-order valence-electron chi connectivity index (χ0n) is 17.9. The summed E-state index contributed by atoms with van der Waals surface area (Å²) in [7, 11) is 1.69. The fourth-order valence-corrected chi connectivity index (χ4v) is 3.49. The summed E-state index contributed by atoms with van der Waals surface area (Å²) >= 11 is 0. The highest BCUT2D eigenvalue weighted by atomic mass is 19.1. The molecule has 3 rings (SSSR count). The molecule has 0 bridgehead atoms. The van der Waals surface area contributed by atoms with Gasteiger partial charge in [0.1, 0.15) is 5.65 Å². The maximum Gasteiger partial charge on any atom is 0.165 e. The Kier molecular flexibility index (Phi) is 7.38. The Hall–Kier alpha value is -3.23. The number of nitrogens with zero attached hydrogens (tertiary/aromatic N) is 3. The highest BCUT2D eigenvalue weighted by Gasteiger charge is 2.15. The SMILES string of the molecule is CN=C(C)C(CCOc1c(F)cccc1-c1ccc2ncc(CCN)n2c1)=C(N)CN. The Bertz CT molecular complexity index is 1120. The third kappa shape index (κ3) is 4.92. The number of rotatable bonds is 9. The monoisotopic (exact) mass is 424 g/mol. The van der Waals surface area contributed by atoms with Crippen LogP contribution in [0.15, 0.2) is 59.0 Å². The maximum atomic E-state index is 14.7. The Morgan fingerprint density at radius 3 is 2.74 bits per heavy atom. The van der Waals surface area contributed by atoms with Crippen LogP contribution in [0.1, 0.15) is 19.0 Å². The number of benzene rings is 1. The number of fused-ring (bicyclic) bond motifs is 1. The van der Waals surface area contributed by atoms with Crippen LogP contribution in [-0.2, 0) is 6.42 Å². The van der Waals surface area contributed by atoms with Gasteiger partial charge in [-0.25, -0.2) is 9.37 Å². The molecule has 6 N–H and O–H groups in total. The number of pyridine rings is 1. The minimum atomic E-state index is -0.427. The predicted octanol–water partition coefficient (Wildman–Crippen LogP) is 2.67. The third-order valence-electron chi connectivity index (χ3n) is 5.24. The first-order valence-electron chi connectivity index (χ1n) is 10.2. The highest BCUT2D eigenvalue weighted by molar-refractivity contribution is 5.98. The second-order valence-electron chi connectivity index (χ2n) is 7.17. The van der Waals surface area contributed by atoms with Gasteiger partial charge in [0.2, 0.25) is 0 Å².